The average Bonchev–Trinajstić information content (AvgIpc) is 3.26. The number of nitrogens with zero attached hydrogens (tertiary/aromatic N) is 4. The normalized spacial score (nSPS) is 15.3. The molecule has 0 atom stereocenters. The zero-order valence-electron chi connectivity index (χ0n) is 18.7. The third kappa shape index (κ3) is 5.44. The van der Waals surface area contributed by atoms with Crippen LogP contribution in [0.2, 0.25) is 0 Å². The molecule has 0 saturated heterocycles. The van der Waals surface area contributed by atoms with E-state index in [1.807, 2.05) is 35.2 Å². The molecule has 0 unspecified atom stereocenters. The summed E-state index contributed by atoms with van der Waals surface area (Å²) in [5, 5.41) is 15.9. The highest BCUT2D eigenvalue weighted by Gasteiger charge is 2.16. The Balaban J connectivity index is 1.64. The van der Waals surface area contributed by atoms with Gasteiger partial charge in [0.1, 0.15) is 0 Å². The molecule has 0 bridgehead atoms. The van der Waals surface area contributed by atoms with Gasteiger partial charge >= 0.3 is 0 Å². The molecule has 1 fully saturated rings. The third-order valence-corrected chi connectivity index (χ3v) is 6.94. The number of aromatic nitrogens is 1. The van der Waals surface area contributed by atoms with E-state index in [2.05, 4.69) is 42.6 Å². The minimum Gasteiger partial charge on any atom is -0.257 e. The number of benzene rings is 2. The van der Waals surface area contributed by atoms with Crippen LogP contribution in [-0.2, 0) is 0 Å². The lowest BCUT2D eigenvalue weighted by molar-refractivity contribution is 0.443. The minimum absolute atomic E-state index is 0.652. The second kappa shape index (κ2) is 11.1. The lowest BCUT2D eigenvalue weighted by Gasteiger charge is -2.22. The van der Waals surface area contributed by atoms with Crippen molar-refractivity contribution in [2.24, 2.45) is 10.1 Å². The Kier molecular flexibility index (Phi) is 7.68. The fourth-order valence-electron chi connectivity index (χ4n) is 4.18. The maximum absolute atomic E-state index is 9.01. The lowest BCUT2D eigenvalue weighted by atomic mass is 9.84. The van der Waals surface area contributed by atoms with Crippen LogP contribution in [0.3, 0.4) is 0 Å². The van der Waals surface area contributed by atoms with Crippen molar-refractivity contribution in [3.63, 3.8) is 0 Å². The molecule has 1 aliphatic rings. The molecule has 0 N–H and O–H groups in total. The van der Waals surface area contributed by atoms with E-state index in [1.54, 1.807) is 11.3 Å². The summed E-state index contributed by atoms with van der Waals surface area (Å²) >= 11 is 1.63. The van der Waals surface area contributed by atoms with E-state index in [0.29, 0.717) is 11.5 Å². The maximum Gasteiger partial charge on any atom is 0.206 e. The van der Waals surface area contributed by atoms with Gasteiger partial charge in [-0.15, -0.1) is 11.3 Å². The first-order chi connectivity index (χ1) is 15.8. The van der Waals surface area contributed by atoms with E-state index >= 15 is 0 Å². The summed E-state index contributed by atoms with van der Waals surface area (Å²) in [6.07, 6.45) is 10.7. The highest BCUT2D eigenvalue weighted by Crippen LogP contribution is 2.33. The summed E-state index contributed by atoms with van der Waals surface area (Å²) < 4.78 is 1.95. The van der Waals surface area contributed by atoms with Crippen LogP contribution in [0.4, 0.5) is 0 Å². The summed E-state index contributed by atoms with van der Waals surface area (Å²) in [5.74, 6) is 0.710. The van der Waals surface area contributed by atoms with Gasteiger partial charge in [-0.05, 0) is 48.4 Å². The Morgan fingerprint density at radius 2 is 1.81 bits per heavy atom. The average molecular weight is 443 g/mol. The molecule has 1 heterocycles. The standard InChI is InChI=1S/C27H30N4S/c1-2-3-17-29-27-31(30-19-22-11-9-21(18-28)10-12-22)26(20-32-27)25-15-13-24(14-16-25)23-7-5-4-6-8-23/h9-16,19-20,23H,2-8,17H2,1H3/b29-27?,30-19-. The van der Waals surface area contributed by atoms with E-state index in [-0.39, 0.29) is 0 Å². The molecule has 0 spiro atoms. The quantitative estimate of drug-likeness (QED) is 0.296. The van der Waals surface area contributed by atoms with Crippen LogP contribution in [0.5, 0.6) is 0 Å². The number of nitriles is 1. The molecule has 0 radical (unpaired) electrons. The predicted octanol–water partition coefficient (Wildman–Crippen LogP) is 6.72. The maximum atomic E-state index is 9.01. The topological polar surface area (TPSA) is 53.4 Å². The summed E-state index contributed by atoms with van der Waals surface area (Å²) in [5.41, 5.74) is 5.30. The Bertz CT molecular complexity index is 1140. The fraction of sp³-hybridized carbons (Fsp3) is 0.370. The molecular weight excluding hydrogens is 412 g/mol. The van der Waals surface area contributed by atoms with Crippen LogP contribution in [0, 0.1) is 11.3 Å². The van der Waals surface area contributed by atoms with E-state index < -0.39 is 0 Å². The van der Waals surface area contributed by atoms with Gasteiger partial charge in [0.25, 0.3) is 0 Å². The van der Waals surface area contributed by atoms with Gasteiger partial charge in [-0.25, -0.2) is 4.68 Å². The van der Waals surface area contributed by atoms with Gasteiger partial charge in [-0.3, -0.25) is 4.99 Å². The molecule has 1 aliphatic carbocycles. The van der Waals surface area contributed by atoms with Crippen molar-refractivity contribution in [2.75, 3.05) is 6.54 Å². The molecular formula is C27H30N4S. The molecule has 4 nitrogen and oxygen atoms in total. The molecule has 3 aromatic rings. The van der Waals surface area contributed by atoms with Crippen molar-refractivity contribution in [3.8, 4) is 17.3 Å². The second-order valence-electron chi connectivity index (χ2n) is 8.39. The fourth-order valence-corrected chi connectivity index (χ4v) is 5.04. The highest BCUT2D eigenvalue weighted by molar-refractivity contribution is 7.07. The van der Waals surface area contributed by atoms with Crippen LogP contribution >= 0.6 is 11.3 Å². The number of unbranched alkanes of at least 4 members (excludes halogenated alkanes) is 1. The Morgan fingerprint density at radius 1 is 1.06 bits per heavy atom. The van der Waals surface area contributed by atoms with Gasteiger partial charge in [0, 0.05) is 17.5 Å². The van der Waals surface area contributed by atoms with Crippen LogP contribution in [-0.4, -0.2) is 17.4 Å². The molecule has 0 amide bonds. The molecule has 0 aliphatic heterocycles. The summed E-state index contributed by atoms with van der Waals surface area (Å²) in [6.45, 7) is 2.99. The summed E-state index contributed by atoms with van der Waals surface area (Å²) in [4.78, 5) is 5.71. The minimum atomic E-state index is 0.652. The van der Waals surface area contributed by atoms with E-state index in [1.165, 1.54) is 37.7 Å². The highest BCUT2D eigenvalue weighted by atomic mass is 32.1. The number of hydrogen-bond acceptors (Lipinski definition) is 4. The van der Waals surface area contributed by atoms with Crippen LogP contribution < -0.4 is 4.80 Å². The van der Waals surface area contributed by atoms with E-state index in [4.69, 9.17) is 15.4 Å². The van der Waals surface area contributed by atoms with E-state index in [9.17, 15) is 0 Å². The molecule has 32 heavy (non-hydrogen) atoms. The first kappa shape index (κ1) is 22.2. The van der Waals surface area contributed by atoms with Crippen molar-refractivity contribution in [1.82, 2.24) is 4.68 Å². The predicted molar refractivity (Wildman–Crippen MR) is 133 cm³/mol. The molecule has 4 rings (SSSR count). The van der Waals surface area contributed by atoms with E-state index in [0.717, 1.165) is 41.0 Å². The van der Waals surface area contributed by atoms with Crippen molar-refractivity contribution < 1.29 is 0 Å². The van der Waals surface area contributed by atoms with Crippen LogP contribution in [0.25, 0.3) is 11.3 Å². The van der Waals surface area contributed by atoms with Crippen molar-refractivity contribution in [2.45, 2.75) is 57.8 Å². The third-order valence-electron chi connectivity index (χ3n) is 6.09. The molecule has 1 saturated carbocycles. The van der Waals surface area contributed by atoms with Crippen molar-refractivity contribution in [3.05, 3.63) is 75.4 Å². The van der Waals surface area contributed by atoms with Gasteiger partial charge < -0.3 is 0 Å². The molecule has 5 heteroatoms. The van der Waals surface area contributed by atoms with Crippen LogP contribution in [0.15, 0.2) is 64.0 Å². The Hall–Kier alpha value is -2.97. The summed E-state index contributed by atoms with van der Waals surface area (Å²) in [7, 11) is 0. The zero-order valence-corrected chi connectivity index (χ0v) is 19.5. The molecule has 1 aromatic heterocycles. The largest absolute Gasteiger partial charge is 0.257 e. The second-order valence-corrected chi connectivity index (χ2v) is 9.22. The first-order valence-electron chi connectivity index (χ1n) is 11.6. The van der Waals surface area contributed by atoms with Gasteiger partial charge in [0.15, 0.2) is 0 Å². The Labute approximate surface area is 194 Å². The molecule has 2 aromatic carbocycles. The van der Waals surface area contributed by atoms with Crippen molar-refractivity contribution >= 4 is 17.6 Å². The first-order valence-corrected chi connectivity index (χ1v) is 12.5. The van der Waals surface area contributed by atoms with Gasteiger partial charge in [0.2, 0.25) is 4.80 Å². The molecule has 164 valence electrons. The Morgan fingerprint density at radius 3 is 2.50 bits per heavy atom. The van der Waals surface area contributed by atoms with Crippen LogP contribution in [0.1, 0.15) is 74.5 Å². The SMILES string of the molecule is CCCCN=c1scc(-c2ccc(C3CCCCC3)cc2)n1/N=C\c1ccc(C#N)cc1. The van der Waals surface area contributed by atoms with Gasteiger partial charge in [0.05, 0.1) is 23.5 Å². The summed E-state index contributed by atoms with van der Waals surface area (Å²) in [6, 6.07) is 18.7. The number of rotatable bonds is 7. The van der Waals surface area contributed by atoms with Gasteiger partial charge in [-0.2, -0.15) is 10.4 Å². The lowest BCUT2D eigenvalue weighted by Crippen LogP contribution is -2.13. The van der Waals surface area contributed by atoms with Gasteiger partial charge in [-0.1, -0.05) is 69.0 Å². The number of thiazole rings is 1. The smallest absolute Gasteiger partial charge is 0.206 e. The van der Waals surface area contributed by atoms with Crippen molar-refractivity contribution in [1.29, 1.82) is 5.26 Å². The number of hydrogen-bond donors (Lipinski definition) is 0. The monoisotopic (exact) mass is 442 g/mol. The zero-order chi connectivity index (χ0) is 22.2.